The Kier molecular flexibility index (Phi) is 5.00. The molecule has 4 aromatic rings. The standard InChI is InChI=1S/C24H21N3O4/c1-29-21-12-20(31-19-8-9-22-25-11-10-23(28)27(22)14-19)13-26-24(21)30-15-16-2-4-17(5-3-16)18-6-7-18/h2-5,8-14,18H,6-7,15H2,1H3. The van der Waals surface area contributed by atoms with E-state index >= 15 is 0 Å². The van der Waals surface area contributed by atoms with Crippen LogP contribution in [-0.4, -0.2) is 21.5 Å². The van der Waals surface area contributed by atoms with Crippen LogP contribution in [0.15, 0.2) is 71.9 Å². The number of hydrogen-bond acceptors (Lipinski definition) is 6. The predicted molar refractivity (Wildman–Crippen MR) is 115 cm³/mol. The average molecular weight is 415 g/mol. The third kappa shape index (κ3) is 4.21. The van der Waals surface area contributed by atoms with Crippen LogP contribution in [0.4, 0.5) is 0 Å². The van der Waals surface area contributed by atoms with Gasteiger partial charge in [0.1, 0.15) is 23.8 Å². The average Bonchev–Trinajstić information content (AvgIpc) is 3.65. The number of benzene rings is 1. The molecule has 3 heterocycles. The topological polar surface area (TPSA) is 75.0 Å². The van der Waals surface area contributed by atoms with Crippen molar-refractivity contribution in [1.29, 1.82) is 0 Å². The first-order valence-electron chi connectivity index (χ1n) is 10.1. The maximum atomic E-state index is 12.0. The lowest BCUT2D eigenvalue weighted by molar-refractivity contribution is 0.271. The lowest BCUT2D eigenvalue weighted by Gasteiger charge is -2.12. The van der Waals surface area contributed by atoms with Crippen LogP contribution in [0.3, 0.4) is 0 Å². The van der Waals surface area contributed by atoms with Gasteiger partial charge in [0.25, 0.3) is 11.4 Å². The molecule has 1 aliphatic carbocycles. The molecule has 0 spiro atoms. The van der Waals surface area contributed by atoms with Gasteiger partial charge in [-0.05, 0) is 42.0 Å². The van der Waals surface area contributed by atoms with E-state index in [0.29, 0.717) is 35.4 Å². The van der Waals surface area contributed by atoms with Crippen molar-refractivity contribution >= 4 is 5.65 Å². The molecule has 156 valence electrons. The Morgan fingerprint density at radius 3 is 2.65 bits per heavy atom. The van der Waals surface area contributed by atoms with Crippen molar-refractivity contribution in [2.24, 2.45) is 0 Å². The fraction of sp³-hybridized carbons (Fsp3) is 0.208. The summed E-state index contributed by atoms with van der Waals surface area (Å²) in [6, 6.07) is 15.1. The lowest BCUT2D eigenvalue weighted by atomic mass is 10.1. The van der Waals surface area contributed by atoms with Crippen molar-refractivity contribution in [3.05, 3.63) is 88.6 Å². The molecule has 7 heteroatoms. The summed E-state index contributed by atoms with van der Waals surface area (Å²) in [6.07, 6.45) is 7.21. The van der Waals surface area contributed by atoms with Gasteiger partial charge in [-0.25, -0.2) is 9.97 Å². The molecule has 31 heavy (non-hydrogen) atoms. The summed E-state index contributed by atoms with van der Waals surface area (Å²) in [6.45, 7) is 0.398. The SMILES string of the molecule is COc1cc(Oc2ccc3nccc(=O)n3c2)cnc1OCc1ccc(C2CC2)cc1. The minimum absolute atomic E-state index is 0.180. The minimum Gasteiger partial charge on any atom is -0.491 e. The first-order valence-corrected chi connectivity index (χ1v) is 10.1. The highest BCUT2D eigenvalue weighted by molar-refractivity contribution is 5.44. The van der Waals surface area contributed by atoms with Crippen molar-refractivity contribution in [2.75, 3.05) is 7.11 Å². The number of methoxy groups -OCH3 is 1. The van der Waals surface area contributed by atoms with Crippen LogP contribution in [0.1, 0.15) is 29.9 Å². The lowest BCUT2D eigenvalue weighted by Crippen LogP contribution is -2.12. The van der Waals surface area contributed by atoms with E-state index in [-0.39, 0.29) is 5.56 Å². The monoisotopic (exact) mass is 415 g/mol. The molecule has 0 radical (unpaired) electrons. The molecule has 0 saturated heterocycles. The molecule has 1 saturated carbocycles. The molecule has 1 fully saturated rings. The number of fused-ring (bicyclic) bond motifs is 1. The highest BCUT2D eigenvalue weighted by Crippen LogP contribution is 2.40. The van der Waals surface area contributed by atoms with Crippen LogP contribution in [0.5, 0.6) is 23.1 Å². The fourth-order valence-electron chi connectivity index (χ4n) is 3.39. The van der Waals surface area contributed by atoms with Crippen LogP contribution in [0.2, 0.25) is 0 Å². The minimum atomic E-state index is -0.180. The molecule has 1 aromatic carbocycles. The molecule has 0 N–H and O–H groups in total. The zero-order valence-electron chi connectivity index (χ0n) is 17.0. The quantitative estimate of drug-likeness (QED) is 0.447. The van der Waals surface area contributed by atoms with Gasteiger partial charge in [-0.3, -0.25) is 9.20 Å². The number of hydrogen-bond donors (Lipinski definition) is 0. The van der Waals surface area contributed by atoms with E-state index in [4.69, 9.17) is 14.2 Å². The summed E-state index contributed by atoms with van der Waals surface area (Å²) in [4.78, 5) is 20.5. The second kappa shape index (κ2) is 8.10. The highest BCUT2D eigenvalue weighted by Gasteiger charge is 2.22. The predicted octanol–water partition coefficient (Wildman–Crippen LogP) is 4.35. The Hall–Kier alpha value is -3.87. The zero-order chi connectivity index (χ0) is 21.2. The van der Waals surface area contributed by atoms with Gasteiger partial charge in [0.15, 0.2) is 5.75 Å². The van der Waals surface area contributed by atoms with Gasteiger partial charge in [0.2, 0.25) is 0 Å². The Labute approximate surface area is 178 Å². The number of nitrogens with zero attached hydrogens (tertiary/aromatic N) is 3. The first-order chi connectivity index (χ1) is 15.2. The largest absolute Gasteiger partial charge is 0.491 e. The van der Waals surface area contributed by atoms with Gasteiger partial charge in [-0.15, -0.1) is 0 Å². The van der Waals surface area contributed by atoms with Crippen LogP contribution < -0.4 is 19.8 Å². The maximum Gasteiger partial charge on any atom is 0.257 e. The molecule has 1 aliphatic rings. The number of aromatic nitrogens is 3. The second-order valence-corrected chi connectivity index (χ2v) is 7.46. The van der Waals surface area contributed by atoms with E-state index in [2.05, 4.69) is 34.2 Å². The number of pyridine rings is 2. The first kappa shape index (κ1) is 19.1. The van der Waals surface area contributed by atoms with Gasteiger partial charge in [0, 0.05) is 18.3 Å². The van der Waals surface area contributed by atoms with E-state index in [0.717, 1.165) is 11.5 Å². The second-order valence-electron chi connectivity index (χ2n) is 7.46. The zero-order valence-corrected chi connectivity index (χ0v) is 17.0. The molecule has 3 aromatic heterocycles. The van der Waals surface area contributed by atoms with Crippen molar-refractivity contribution < 1.29 is 14.2 Å². The Balaban J connectivity index is 1.30. The van der Waals surface area contributed by atoms with Gasteiger partial charge >= 0.3 is 0 Å². The summed E-state index contributed by atoms with van der Waals surface area (Å²) in [7, 11) is 1.55. The van der Waals surface area contributed by atoms with Crippen LogP contribution >= 0.6 is 0 Å². The fourth-order valence-corrected chi connectivity index (χ4v) is 3.39. The van der Waals surface area contributed by atoms with Gasteiger partial charge in [-0.2, -0.15) is 0 Å². The molecule has 0 atom stereocenters. The Morgan fingerprint density at radius 1 is 1.03 bits per heavy atom. The van der Waals surface area contributed by atoms with Gasteiger partial charge in [-0.1, -0.05) is 24.3 Å². The van der Waals surface area contributed by atoms with Gasteiger partial charge < -0.3 is 14.2 Å². The maximum absolute atomic E-state index is 12.0. The summed E-state index contributed by atoms with van der Waals surface area (Å²) >= 11 is 0. The molecular weight excluding hydrogens is 394 g/mol. The highest BCUT2D eigenvalue weighted by atomic mass is 16.5. The molecule has 5 rings (SSSR count). The molecule has 0 bridgehead atoms. The van der Waals surface area contributed by atoms with E-state index in [9.17, 15) is 4.79 Å². The van der Waals surface area contributed by atoms with Crippen LogP contribution in [0.25, 0.3) is 5.65 Å². The van der Waals surface area contributed by atoms with Crippen molar-refractivity contribution in [2.45, 2.75) is 25.4 Å². The third-order valence-corrected chi connectivity index (χ3v) is 5.21. The summed E-state index contributed by atoms with van der Waals surface area (Å²) in [5.74, 6) is 2.54. The Morgan fingerprint density at radius 2 is 1.87 bits per heavy atom. The summed E-state index contributed by atoms with van der Waals surface area (Å²) in [5.41, 5.74) is 2.83. The summed E-state index contributed by atoms with van der Waals surface area (Å²) in [5, 5.41) is 0. The van der Waals surface area contributed by atoms with E-state index in [1.165, 1.54) is 35.1 Å². The number of rotatable bonds is 7. The molecular formula is C24H21N3O4. The van der Waals surface area contributed by atoms with E-state index in [1.807, 2.05) is 0 Å². The molecule has 7 nitrogen and oxygen atoms in total. The molecule has 0 amide bonds. The van der Waals surface area contributed by atoms with E-state index in [1.54, 1.807) is 37.7 Å². The van der Waals surface area contributed by atoms with Crippen LogP contribution in [0, 0.1) is 0 Å². The van der Waals surface area contributed by atoms with Crippen LogP contribution in [-0.2, 0) is 6.61 Å². The smallest absolute Gasteiger partial charge is 0.257 e. The van der Waals surface area contributed by atoms with Crippen molar-refractivity contribution in [1.82, 2.24) is 14.4 Å². The van der Waals surface area contributed by atoms with Crippen molar-refractivity contribution in [3.8, 4) is 23.1 Å². The van der Waals surface area contributed by atoms with E-state index < -0.39 is 0 Å². The third-order valence-electron chi connectivity index (χ3n) is 5.21. The number of ether oxygens (including phenoxy) is 3. The summed E-state index contributed by atoms with van der Waals surface area (Å²) < 4.78 is 18.6. The normalized spacial score (nSPS) is 13.2. The Bertz CT molecular complexity index is 1280. The van der Waals surface area contributed by atoms with Gasteiger partial charge in [0.05, 0.1) is 19.5 Å². The molecule has 0 aliphatic heterocycles. The van der Waals surface area contributed by atoms with Crippen molar-refractivity contribution in [3.63, 3.8) is 0 Å². The molecule has 0 unspecified atom stereocenters.